The molecule has 0 aromatic heterocycles. The van der Waals surface area contributed by atoms with Crippen molar-refractivity contribution in [3.8, 4) is 5.75 Å². The molecule has 0 aliphatic carbocycles. The summed E-state index contributed by atoms with van der Waals surface area (Å²) in [6, 6.07) is 21.9. The molecule has 6 rings (SSSR count). The van der Waals surface area contributed by atoms with E-state index < -0.39 is 13.7 Å². The topological polar surface area (TPSA) is 88.1 Å². The number of para-hydroxylation sites is 1. The van der Waals surface area contributed by atoms with E-state index in [0.717, 1.165) is 34.7 Å². The zero-order valence-corrected chi connectivity index (χ0v) is 24.4. The second-order valence-electron chi connectivity index (χ2n) is 11.7. The number of nitrogens with zero attached hydrogens (tertiary/aromatic N) is 1. The quantitative estimate of drug-likeness (QED) is 0.424. The maximum atomic E-state index is 13.9. The number of anilines is 3. The van der Waals surface area contributed by atoms with Gasteiger partial charge in [0.05, 0.1) is 27.0 Å². The number of hydrogen-bond acceptors (Lipinski definition) is 5. The summed E-state index contributed by atoms with van der Waals surface area (Å²) < 4.78 is 12.2. The van der Waals surface area contributed by atoms with Crippen LogP contribution in [0.4, 0.5) is 17.1 Å². The van der Waals surface area contributed by atoms with Gasteiger partial charge in [0.15, 0.2) is 5.60 Å². The zero-order valence-electron chi connectivity index (χ0n) is 23.4. The number of methoxy groups -OCH3 is 1. The van der Waals surface area contributed by atoms with Gasteiger partial charge in [-0.2, -0.15) is 0 Å². The van der Waals surface area contributed by atoms with Gasteiger partial charge in [-0.3, -0.25) is 14.5 Å². The lowest BCUT2D eigenvalue weighted by Gasteiger charge is -2.37. The Labute approximate surface area is 236 Å². The van der Waals surface area contributed by atoms with Crippen molar-refractivity contribution in [1.29, 1.82) is 0 Å². The first kappa shape index (κ1) is 26.7. The number of aliphatic hydroxyl groups is 1. The summed E-state index contributed by atoms with van der Waals surface area (Å²) in [5.74, 6) is 0.503. The van der Waals surface area contributed by atoms with Gasteiger partial charge in [0.2, 0.25) is 5.91 Å². The second-order valence-corrected chi connectivity index (χ2v) is 16.4. The highest BCUT2D eigenvalue weighted by Crippen LogP contribution is 2.59. The first-order valence-corrected chi connectivity index (χ1v) is 17.1. The van der Waals surface area contributed by atoms with Crippen LogP contribution in [0.3, 0.4) is 0 Å². The highest BCUT2D eigenvalue weighted by atomic mass is 28.3. The molecule has 3 aliphatic heterocycles. The number of carbonyl (C=O) groups excluding carboxylic acids is 2. The van der Waals surface area contributed by atoms with E-state index in [1.807, 2.05) is 48.5 Å². The molecule has 7 nitrogen and oxygen atoms in total. The third-order valence-corrected chi connectivity index (χ3v) is 13.7. The first-order valence-electron chi connectivity index (χ1n) is 14.0. The van der Waals surface area contributed by atoms with Crippen LogP contribution in [0, 0.1) is 5.92 Å². The van der Waals surface area contributed by atoms with Crippen molar-refractivity contribution in [3.63, 3.8) is 0 Å². The fraction of sp³-hybridized carbons (Fsp3) is 0.375. The summed E-state index contributed by atoms with van der Waals surface area (Å²) in [6.45, 7) is 6.72. The van der Waals surface area contributed by atoms with Crippen LogP contribution in [0.2, 0.25) is 18.6 Å². The Hall–Kier alpha value is -3.46. The zero-order chi connectivity index (χ0) is 28.2. The number of aliphatic hydroxyl groups excluding tert-OH is 1. The van der Waals surface area contributed by atoms with E-state index in [-0.39, 0.29) is 36.0 Å². The maximum absolute atomic E-state index is 13.9. The number of ether oxygens (including phenoxy) is 2. The molecule has 0 radical (unpaired) electrons. The van der Waals surface area contributed by atoms with Crippen LogP contribution in [0.1, 0.15) is 30.9 Å². The van der Waals surface area contributed by atoms with Crippen LogP contribution in [0.5, 0.6) is 5.75 Å². The molecule has 3 aromatic carbocycles. The maximum Gasteiger partial charge on any atom is 0.261 e. The van der Waals surface area contributed by atoms with E-state index in [0.29, 0.717) is 18.5 Å². The standard InChI is InChI=1S/C32H36N2O5Si/c1-20-30(40(3,4)24-13-11-23(38-2)12-14-24)28(17-18-35)39-32(20)25-19-22(10-15-26(25)33-31(32)37)34-27-8-6-5-7-21(27)9-16-29(34)36/h5-8,10-15,19-20,28,30,35H,9,16-18H2,1-4H3,(H,33,37)/t20-,28+,30-,32+/m0/s1. The SMILES string of the molecule is COc1ccc([Si](C)(C)[C@@H]2[C@@H](CCO)O[C@]3(C(=O)Nc4ccc(N5C(=O)CCc6ccccc65)cc43)[C@H]2C)cc1. The van der Waals surface area contributed by atoms with Gasteiger partial charge in [0.25, 0.3) is 5.91 Å². The predicted molar refractivity (Wildman–Crippen MR) is 158 cm³/mol. The highest BCUT2D eigenvalue weighted by Gasteiger charge is 2.64. The average Bonchev–Trinajstić information content (AvgIpc) is 3.41. The molecule has 0 bridgehead atoms. The molecule has 1 saturated heterocycles. The van der Waals surface area contributed by atoms with Gasteiger partial charge in [-0.15, -0.1) is 0 Å². The lowest BCUT2D eigenvalue weighted by Crippen LogP contribution is -2.51. The molecule has 0 unspecified atom stereocenters. The van der Waals surface area contributed by atoms with Gasteiger partial charge in [-0.1, -0.05) is 55.5 Å². The summed E-state index contributed by atoms with van der Waals surface area (Å²) >= 11 is 0. The Morgan fingerprint density at radius 1 is 1.07 bits per heavy atom. The molecule has 0 saturated carbocycles. The number of amides is 2. The Morgan fingerprint density at radius 2 is 1.82 bits per heavy atom. The average molecular weight is 557 g/mol. The van der Waals surface area contributed by atoms with Crippen molar-refractivity contribution in [3.05, 3.63) is 77.9 Å². The Kier molecular flexibility index (Phi) is 6.60. The van der Waals surface area contributed by atoms with Crippen LogP contribution in [-0.2, 0) is 26.3 Å². The molecular weight excluding hydrogens is 520 g/mol. The Balaban J connectivity index is 1.44. The molecular formula is C32H36N2O5Si. The molecule has 2 N–H and O–H groups in total. The molecule has 4 atom stereocenters. The van der Waals surface area contributed by atoms with Crippen LogP contribution in [0.25, 0.3) is 0 Å². The molecule has 3 heterocycles. The second kappa shape index (κ2) is 9.87. The van der Waals surface area contributed by atoms with Crippen molar-refractivity contribution in [2.45, 2.75) is 56.5 Å². The number of carbonyl (C=O) groups is 2. The minimum Gasteiger partial charge on any atom is -0.497 e. The summed E-state index contributed by atoms with van der Waals surface area (Å²) in [5, 5.41) is 14.4. The molecule has 2 amide bonds. The third kappa shape index (κ3) is 3.92. The van der Waals surface area contributed by atoms with Crippen molar-refractivity contribution in [1.82, 2.24) is 0 Å². The first-order chi connectivity index (χ1) is 19.2. The molecule has 1 spiro atoms. The summed E-state index contributed by atoms with van der Waals surface area (Å²) in [7, 11) is -0.572. The number of aryl methyl sites for hydroxylation is 1. The van der Waals surface area contributed by atoms with Gasteiger partial charge < -0.3 is 19.9 Å². The fourth-order valence-electron chi connectivity index (χ4n) is 7.37. The Morgan fingerprint density at radius 3 is 2.55 bits per heavy atom. The number of fused-ring (bicyclic) bond motifs is 3. The minimum atomic E-state index is -2.23. The molecule has 8 heteroatoms. The fourth-order valence-corrected chi connectivity index (χ4v) is 11.4. The van der Waals surface area contributed by atoms with Crippen LogP contribution in [-0.4, -0.2) is 44.8 Å². The van der Waals surface area contributed by atoms with Crippen LogP contribution in [0.15, 0.2) is 66.7 Å². The molecule has 3 aliphatic rings. The van der Waals surface area contributed by atoms with Crippen molar-refractivity contribution >= 4 is 42.1 Å². The molecule has 3 aromatic rings. The van der Waals surface area contributed by atoms with Crippen molar-refractivity contribution in [2.24, 2.45) is 5.92 Å². The summed E-state index contributed by atoms with van der Waals surface area (Å²) in [5.41, 5.74) is 3.09. The van der Waals surface area contributed by atoms with Gasteiger partial charge in [0.1, 0.15) is 5.75 Å². The van der Waals surface area contributed by atoms with E-state index in [9.17, 15) is 14.7 Å². The van der Waals surface area contributed by atoms with Gasteiger partial charge in [0, 0.05) is 35.9 Å². The summed E-state index contributed by atoms with van der Waals surface area (Å²) in [4.78, 5) is 28.9. The summed E-state index contributed by atoms with van der Waals surface area (Å²) in [6.07, 6.45) is 1.31. The van der Waals surface area contributed by atoms with E-state index in [4.69, 9.17) is 9.47 Å². The lowest BCUT2D eigenvalue weighted by molar-refractivity contribution is -0.143. The van der Waals surface area contributed by atoms with Gasteiger partial charge >= 0.3 is 0 Å². The normalized spacial score (nSPS) is 25.6. The third-order valence-electron chi connectivity index (χ3n) is 9.34. The van der Waals surface area contributed by atoms with E-state index in [1.165, 1.54) is 5.19 Å². The van der Waals surface area contributed by atoms with E-state index >= 15 is 0 Å². The number of hydrogen-bond donors (Lipinski definition) is 2. The molecule has 1 fully saturated rings. The van der Waals surface area contributed by atoms with Crippen molar-refractivity contribution in [2.75, 3.05) is 23.9 Å². The lowest BCUT2D eigenvalue weighted by atomic mass is 9.82. The predicted octanol–water partition coefficient (Wildman–Crippen LogP) is 4.86. The Bertz CT molecular complexity index is 1470. The number of benzene rings is 3. The smallest absolute Gasteiger partial charge is 0.261 e. The van der Waals surface area contributed by atoms with E-state index in [1.54, 1.807) is 12.0 Å². The number of rotatable bonds is 6. The minimum absolute atomic E-state index is 0.0232. The van der Waals surface area contributed by atoms with Gasteiger partial charge in [-0.05, 0) is 60.3 Å². The van der Waals surface area contributed by atoms with E-state index in [2.05, 4.69) is 43.5 Å². The molecule has 208 valence electrons. The van der Waals surface area contributed by atoms with Crippen LogP contribution >= 0.6 is 0 Å². The molecule has 40 heavy (non-hydrogen) atoms. The highest BCUT2D eigenvalue weighted by molar-refractivity contribution is 6.91. The monoisotopic (exact) mass is 556 g/mol. The van der Waals surface area contributed by atoms with Crippen LogP contribution < -0.4 is 20.1 Å². The number of nitrogens with one attached hydrogen (secondary N) is 1. The van der Waals surface area contributed by atoms with Crippen molar-refractivity contribution < 1.29 is 24.2 Å². The largest absolute Gasteiger partial charge is 0.497 e. The van der Waals surface area contributed by atoms with Gasteiger partial charge in [-0.25, -0.2) is 0 Å².